The molecule has 0 aromatic carbocycles. The predicted molar refractivity (Wildman–Crippen MR) is 97.6 cm³/mol. The molecule has 0 saturated carbocycles. The molecule has 0 spiro atoms. The van der Waals surface area contributed by atoms with E-state index in [-0.39, 0.29) is 6.03 Å². The Hall–Kier alpha value is -2.09. The molecule has 1 aliphatic carbocycles. The van der Waals surface area contributed by atoms with Crippen LogP contribution in [0.2, 0.25) is 0 Å². The van der Waals surface area contributed by atoms with Crippen molar-refractivity contribution in [3.8, 4) is 0 Å². The Balaban J connectivity index is 1.25. The predicted octanol–water partition coefficient (Wildman–Crippen LogP) is 2.15. The van der Waals surface area contributed by atoms with E-state index in [2.05, 4.69) is 10.00 Å². The number of nitrogens with zero attached hydrogens (tertiary/aromatic N) is 6. The topological polar surface area (TPSA) is 57.5 Å². The third-order valence-electron chi connectivity index (χ3n) is 5.46. The van der Waals surface area contributed by atoms with E-state index in [9.17, 15) is 4.79 Å². The van der Waals surface area contributed by atoms with Crippen LogP contribution in [0, 0.1) is 0 Å². The van der Waals surface area contributed by atoms with Crippen molar-refractivity contribution >= 4 is 28.2 Å². The van der Waals surface area contributed by atoms with Crippen LogP contribution in [-0.2, 0) is 12.8 Å². The maximum atomic E-state index is 12.1. The molecular weight excluding hydrogens is 336 g/mol. The number of aryl methyl sites for hydroxylation is 2. The Morgan fingerprint density at radius 2 is 2.04 bits per heavy atom. The minimum absolute atomic E-state index is 0.0585. The van der Waals surface area contributed by atoms with Crippen LogP contribution < -0.4 is 9.80 Å². The Morgan fingerprint density at radius 1 is 1.20 bits per heavy atom. The first-order chi connectivity index (χ1) is 12.2. The summed E-state index contributed by atoms with van der Waals surface area (Å²) in [5.74, 6) is 0. The summed E-state index contributed by atoms with van der Waals surface area (Å²) < 4.78 is 2.00. The van der Waals surface area contributed by atoms with E-state index in [4.69, 9.17) is 4.98 Å². The molecule has 2 fully saturated rings. The van der Waals surface area contributed by atoms with Gasteiger partial charge in [0, 0.05) is 44.3 Å². The average molecular weight is 358 g/mol. The summed E-state index contributed by atoms with van der Waals surface area (Å²) in [6.45, 7) is 3.40. The van der Waals surface area contributed by atoms with Crippen LogP contribution in [-0.4, -0.2) is 58.9 Å². The van der Waals surface area contributed by atoms with Gasteiger partial charge in [-0.1, -0.05) is 0 Å². The molecule has 7 nitrogen and oxygen atoms in total. The third kappa shape index (κ3) is 2.50. The van der Waals surface area contributed by atoms with Crippen LogP contribution >= 0.6 is 11.3 Å². The summed E-state index contributed by atoms with van der Waals surface area (Å²) in [6, 6.07) is 0.424. The first-order valence-electron chi connectivity index (χ1n) is 8.99. The normalized spacial score (nSPS) is 21.0. The molecule has 2 aromatic heterocycles. The van der Waals surface area contributed by atoms with Crippen molar-refractivity contribution in [2.24, 2.45) is 0 Å². The van der Waals surface area contributed by atoms with Crippen LogP contribution in [0.1, 0.15) is 29.5 Å². The Morgan fingerprint density at radius 3 is 2.80 bits per heavy atom. The molecule has 2 saturated heterocycles. The van der Waals surface area contributed by atoms with Crippen LogP contribution in [0.3, 0.4) is 0 Å². The highest BCUT2D eigenvalue weighted by Crippen LogP contribution is 2.36. The van der Waals surface area contributed by atoms with Gasteiger partial charge in [-0.25, -0.2) is 9.78 Å². The van der Waals surface area contributed by atoms with E-state index < -0.39 is 0 Å². The average Bonchev–Trinajstić information content (AvgIpc) is 3.26. The summed E-state index contributed by atoms with van der Waals surface area (Å²) in [5.41, 5.74) is 2.23. The number of urea groups is 1. The molecule has 25 heavy (non-hydrogen) atoms. The Kier molecular flexibility index (Phi) is 3.48. The molecule has 5 rings (SSSR count). The summed E-state index contributed by atoms with van der Waals surface area (Å²) in [7, 11) is 1.84. The lowest BCUT2D eigenvalue weighted by atomic mass is 10.0. The fourth-order valence-corrected chi connectivity index (χ4v) is 4.97. The Bertz CT molecular complexity index is 784. The number of anilines is 2. The van der Waals surface area contributed by atoms with Gasteiger partial charge in [-0.2, -0.15) is 5.10 Å². The molecule has 0 atom stereocenters. The van der Waals surface area contributed by atoms with E-state index in [1.165, 1.54) is 35.0 Å². The summed E-state index contributed by atoms with van der Waals surface area (Å²) >= 11 is 1.87. The summed E-state index contributed by atoms with van der Waals surface area (Å²) in [5, 5.41) is 5.67. The molecule has 2 aliphatic heterocycles. The van der Waals surface area contributed by atoms with Gasteiger partial charge in [-0.3, -0.25) is 9.58 Å². The molecule has 2 amide bonds. The number of hydrogen-bond acceptors (Lipinski definition) is 5. The van der Waals surface area contributed by atoms with Crippen molar-refractivity contribution in [2.75, 3.05) is 43.0 Å². The number of hydrogen-bond donors (Lipinski definition) is 0. The molecule has 0 N–H and O–H groups in total. The van der Waals surface area contributed by atoms with Crippen molar-refractivity contribution in [2.45, 2.75) is 31.7 Å². The number of likely N-dealkylation sites (N-methyl/N-ethyl adjacent to an activating group) is 1. The van der Waals surface area contributed by atoms with Crippen molar-refractivity contribution in [1.82, 2.24) is 19.7 Å². The third-order valence-corrected chi connectivity index (χ3v) is 6.68. The molecule has 0 bridgehead atoms. The number of carbonyl (C=O) groups excluding carboxylic acids is 1. The first kappa shape index (κ1) is 15.2. The van der Waals surface area contributed by atoms with E-state index in [0.29, 0.717) is 6.04 Å². The second-order valence-corrected chi connectivity index (χ2v) is 8.23. The molecule has 2 aromatic rings. The van der Waals surface area contributed by atoms with Gasteiger partial charge in [-0.05, 0) is 25.7 Å². The molecule has 0 radical (unpaired) electrons. The quantitative estimate of drug-likeness (QED) is 0.844. The number of amides is 2. The van der Waals surface area contributed by atoms with E-state index in [1.807, 2.05) is 35.5 Å². The van der Waals surface area contributed by atoms with Gasteiger partial charge in [0.1, 0.15) is 0 Å². The summed E-state index contributed by atoms with van der Waals surface area (Å²) in [6.07, 6.45) is 8.74. The largest absolute Gasteiger partial charge is 0.344 e. The van der Waals surface area contributed by atoms with E-state index in [1.54, 1.807) is 9.80 Å². The first-order valence-corrected chi connectivity index (χ1v) is 9.81. The van der Waals surface area contributed by atoms with E-state index >= 15 is 0 Å². The highest BCUT2D eigenvalue weighted by molar-refractivity contribution is 7.15. The molecule has 3 aliphatic rings. The number of rotatable bonds is 3. The van der Waals surface area contributed by atoms with Gasteiger partial charge >= 0.3 is 6.03 Å². The monoisotopic (exact) mass is 358 g/mol. The van der Waals surface area contributed by atoms with Gasteiger partial charge in [0.05, 0.1) is 23.6 Å². The summed E-state index contributed by atoms with van der Waals surface area (Å²) in [4.78, 5) is 24.3. The lowest BCUT2D eigenvalue weighted by molar-refractivity contribution is 0.229. The zero-order valence-corrected chi connectivity index (χ0v) is 15.2. The molecular formula is C17H22N6OS. The SMILES string of the molecule is CN1CCN(c2cnn(C3CN(c4nc5c(s4)CCCC5)C3)c2)C1=O. The smallest absolute Gasteiger partial charge is 0.324 e. The lowest BCUT2D eigenvalue weighted by Gasteiger charge is -2.39. The number of thiazole rings is 1. The maximum absolute atomic E-state index is 12.1. The zero-order chi connectivity index (χ0) is 17.0. The maximum Gasteiger partial charge on any atom is 0.324 e. The minimum Gasteiger partial charge on any atom is -0.344 e. The number of aromatic nitrogens is 3. The van der Waals surface area contributed by atoms with Crippen LogP contribution in [0.25, 0.3) is 0 Å². The zero-order valence-electron chi connectivity index (χ0n) is 14.4. The molecule has 8 heteroatoms. The molecule has 4 heterocycles. The lowest BCUT2D eigenvalue weighted by Crippen LogP contribution is -2.48. The van der Waals surface area contributed by atoms with Gasteiger partial charge in [0.15, 0.2) is 5.13 Å². The molecule has 132 valence electrons. The minimum atomic E-state index is 0.0585. The van der Waals surface area contributed by atoms with Gasteiger partial charge in [0.2, 0.25) is 0 Å². The number of fused-ring (bicyclic) bond motifs is 1. The molecule has 0 unspecified atom stereocenters. The second-order valence-electron chi connectivity index (χ2n) is 7.17. The fourth-order valence-electron chi connectivity index (χ4n) is 3.81. The van der Waals surface area contributed by atoms with Gasteiger partial charge < -0.3 is 9.80 Å². The Labute approximate surface area is 150 Å². The van der Waals surface area contributed by atoms with Gasteiger partial charge in [-0.15, -0.1) is 11.3 Å². The standard InChI is InChI=1S/C17H22N6OS/c1-20-6-7-22(17(20)24)12-8-18-23(11-12)13-9-21(10-13)16-19-14-4-2-3-5-15(14)25-16/h8,11,13H,2-7,9-10H2,1H3. The van der Waals surface area contributed by atoms with Crippen molar-refractivity contribution in [3.05, 3.63) is 23.0 Å². The van der Waals surface area contributed by atoms with Crippen molar-refractivity contribution in [1.29, 1.82) is 0 Å². The number of carbonyl (C=O) groups is 1. The fraction of sp³-hybridized carbons (Fsp3) is 0.588. The second kappa shape index (κ2) is 5.72. The van der Waals surface area contributed by atoms with Crippen LogP contribution in [0.15, 0.2) is 12.4 Å². The van der Waals surface area contributed by atoms with Crippen LogP contribution in [0.4, 0.5) is 15.6 Å². The van der Waals surface area contributed by atoms with Crippen LogP contribution in [0.5, 0.6) is 0 Å². The highest BCUT2D eigenvalue weighted by Gasteiger charge is 2.33. The van der Waals surface area contributed by atoms with Crippen molar-refractivity contribution in [3.63, 3.8) is 0 Å². The highest BCUT2D eigenvalue weighted by atomic mass is 32.1. The van der Waals surface area contributed by atoms with Gasteiger partial charge in [0.25, 0.3) is 0 Å². The van der Waals surface area contributed by atoms with Crippen molar-refractivity contribution < 1.29 is 4.79 Å². The van der Waals surface area contributed by atoms with E-state index in [0.717, 1.165) is 38.3 Å².